The molecule has 1 aliphatic rings. The summed E-state index contributed by atoms with van der Waals surface area (Å²) in [5.41, 5.74) is 0.263. The molecule has 1 aliphatic heterocycles. The first-order valence-electron chi connectivity index (χ1n) is 5.83. The summed E-state index contributed by atoms with van der Waals surface area (Å²) >= 11 is 0. The highest BCUT2D eigenvalue weighted by molar-refractivity contribution is 5.42. The molecule has 0 aliphatic carbocycles. The van der Waals surface area contributed by atoms with Gasteiger partial charge in [0.15, 0.2) is 0 Å². The van der Waals surface area contributed by atoms with Gasteiger partial charge in [-0.3, -0.25) is 0 Å². The van der Waals surface area contributed by atoms with Gasteiger partial charge in [0.25, 0.3) is 0 Å². The minimum Gasteiger partial charge on any atom is -0.492 e. The molecule has 2 rings (SSSR count). The van der Waals surface area contributed by atoms with Gasteiger partial charge in [-0.25, -0.2) is 4.39 Å². The molecule has 0 spiro atoms. The molecule has 1 heterocycles. The van der Waals surface area contributed by atoms with Crippen molar-refractivity contribution in [3.8, 4) is 11.8 Å². The van der Waals surface area contributed by atoms with E-state index in [4.69, 9.17) is 10.00 Å². The van der Waals surface area contributed by atoms with Gasteiger partial charge in [-0.2, -0.15) is 5.26 Å². The Hall–Kier alpha value is -1.60. The number of hydrogen-bond acceptors (Lipinski definition) is 3. The zero-order valence-corrected chi connectivity index (χ0v) is 9.58. The van der Waals surface area contributed by atoms with Gasteiger partial charge in [-0.1, -0.05) is 0 Å². The molecule has 1 aromatic carbocycles. The molecular formula is C13H15FN2O. The molecule has 1 fully saturated rings. The molecule has 0 bridgehead atoms. The van der Waals surface area contributed by atoms with E-state index in [1.807, 2.05) is 6.07 Å². The summed E-state index contributed by atoms with van der Waals surface area (Å²) in [6.07, 6.45) is 2.17. The molecule has 0 radical (unpaired) electrons. The fourth-order valence-corrected chi connectivity index (χ4v) is 1.97. The van der Waals surface area contributed by atoms with Gasteiger partial charge in [-0.15, -0.1) is 0 Å². The van der Waals surface area contributed by atoms with Crippen LogP contribution in [0.2, 0.25) is 0 Å². The average molecular weight is 234 g/mol. The molecule has 1 saturated heterocycles. The van der Waals surface area contributed by atoms with Crippen LogP contribution in [0.3, 0.4) is 0 Å². The molecule has 0 amide bonds. The molecule has 1 aromatic rings. The molecule has 17 heavy (non-hydrogen) atoms. The lowest BCUT2D eigenvalue weighted by atomic mass is 9.99. The third-order valence-corrected chi connectivity index (χ3v) is 3.00. The largest absolute Gasteiger partial charge is 0.492 e. The Labute approximate surface area is 100 Å². The van der Waals surface area contributed by atoms with E-state index in [1.165, 1.54) is 18.2 Å². The van der Waals surface area contributed by atoms with Crippen LogP contribution in [0, 0.1) is 23.1 Å². The van der Waals surface area contributed by atoms with Crippen LogP contribution in [0.25, 0.3) is 0 Å². The van der Waals surface area contributed by atoms with E-state index in [0.29, 0.717) is 18.3 Å². The maximum absolute atomic E-state index is 12.9. The van der Waals surface area contributed by atoms with Crippen molar-refractivity contribution in [3.05, 3.63) is 29.6 Å². The summed E-state index contributed by atoms with van der Waals surface area (Å²) in [5.74, 6) is 0.594. The lowest BCUT2D eigenvalue weighted by molar-refractivity contribution is 0.214. The lowest BCUT2D eigenvalue weighted by Crippen LogP contribution is -2.30. The van der Waals surface area contributed by atoms with E-state index in [9.17, 15) is 4.39 Å². The van der Waals surface area contributed by atoms with Crippen molar-refractivity contribution < 1.29 is 9.13 Å². The Kier molecular flexibility index (Phi) is 3.94. The summed E-state index contributed by atoms with van der Waals surface area (Å²) < 4.78 is 18.5. The van der Waals surface area contributed by atoms with Crippen LogP contribution in [0.4, 0.5) is 4.39 Å². The Morgan fingerprint density at radius 3 is 2.88 bits per heavy atom. The van der Waals surface area contributed by atoms with Crippen molar-refractivity contribution in [1.29, 1.82) is 5.26 Å². The van der Waals surface area contributed by atoms with Gasteiger partial charge in [-0.05, 0) is 50.0 Å². The standard InChI is InChI=1S/C13H15FN2O/c14-12-1-2-13(11(7-12)8-15)17-9-10-3-5-16-6-4-10/h1-2,7,10,16H,3-6,9H2. The third-order valence-electron chi connectivity index (χ3n) is 3.00. The molecule has 4 heteroatoms. The normalized spacial score (nSPS) is 16.5. The van der Waals surface area contributed by atoms with E-state index in [2.05, 4.69) is 5.32 Å². The summed E-state index contributed by atoms with van der Waals surface area (Å²) in [6.45, 7) is 2.63. The second-order valence-electron chi connectivity index (χ2n) is 4.26. The number of benzene rings is 1. The Morgan fingerprint density at radius 1 is 1.41 bits per heavy atom. The highest BCUT2D eigenvalue weighted by atomic mass is 19.1. The molecular weight excluding hydrogens is 219 g/mol. The zero-order valence-electron chi connectivity index (χ0n) is 9.58. The SMILES string of the molecule is N#Cc1cc(F)ccc1OCC1CCNCC1. The van der Waals surface area contributed by atoms with E-state index < -0.39 is 5.82 Å². The Bertz CT molecular complexity index is 422. The van der Waals surface area contributed by atoms with E-state index in [-0.39, 0.29) is 5.56 Å². The number of hydrogen-bond donors (Lipinski definition) is 1. The number of rotatable bonds is 3. The van der Waals surface area contributed by atoms with Crippen LogP contribution < -0.4 is 10.1 Å². The Morgan fingerprint density at radius 2 is 2.18 bits per heavy atom. The average Bonchev–Trinajstić information content (AvgIpc) is 2.38. The summed E-state index contributed by atoms with van der Waals surface area (Å²) in [7, 11) is 0. The lowest BCUT2D eigenvalue weighted by Gasteiger charge is -2.22. The quantitative estimate of drug-likeness (QED) is 0.870. The van der Waals surface area contributed by atoms with Crippen molar-refractivity contribution in [2.24, 2.45) is 5.92 Å². The number of nitrogens with one attached hydrogen (secondary N) is 1. The van der Waals surface area contributed by atoms with Crippen LogP contribution in [0.1, 0.15) is 18.4 Å². The number of halogens is 1. The van der Waals surface area contributed by atoms with Crippen LogP contribution >= 0.6 is 0 Å². The minimum absolute atomic E-state index is 0.263. The second-order valence-corrected chi connectivity index (χ2v) is 4.26. The van der Waals surface area contributed by atoms with Gasteiger partial charge in [0, 0.05) is 0 Å². The van der Waals surface area contributed by atoms with Crippen LogP contribution in [0.15, 0.2) is 18.2 Å². The first-order valence-corrected chi connectivity index (χ1v) is 5.83. The Balaban J connectivity index is 1.96. The topological polar surface area (TPSA) is 45.0 Å². The van der Waals surface area contributed by atoms with E-state index >= 15 is 0 Å². The maximum atomic E-state index is 12.9. The fourth-order valence-electron chi connectivity index (χ4n) is 1.97. The molecule has 90 valence electrons. The van der Waals surface area contributed by atoms with Crippen molar-refractivity contribution in [1.82, 2.24) is 5.32 Å². The van der Waals surface area contributed by atoms with Gasteiger partial charge < -0.3 is 10.1 Å². The second kappa shape index (κ2) is 5.65. The first-order chi connectivity index (χ1) is 8.29. The van der Waals surface area contributed by atoms with Crippen LogP contribution in [-0.4, -0.2) is 19.7 Å². The summed E-state index contributed by atoms with van der Waals surface area (Å²) in [5, 5.41) is 12.2. The molecule has 0 atom stereocenters. The number of ether oxygens (including phenoxy) is 1. The number of nitrogens with zero attached hydrogens (tertiary/aromatic N) is 1. The zero-order chi connectivity index (χ0) is 12.1. The smallest absolute Gasteiger partial charge is 0.137 e. The monoisotopic (exact) mass is 234 g/mol. The third kappa shape index (κ3) is 3.18. The van der Waals surface area contributed by atoms with Gasteiger partial charge in [0.05, 0.1) is 12.2 Å². The van der Waals surface area contributed by atoms with Crippen molar-refractivity contribution in [2.75, 3.05) is 19.7 Å². The van der Waals surface area contributed by atoms with Gasteiger partial charge in [0.1, 0.15) is 17.6 Å². The van der Waals surface area contributed by atoms with Crippen LogP contribution in [-0.2, 0) is 0 Å². The molecule has 0 saturated carbocycles. The maximum Gasteiger partial charge on any atom is 0.137 e. The highest BCUT2D eigenvalue weighted by Gasteiger charge is 2.14. The highest BCUT2D eigenvalue weighted by Crippen LogP contribution is 2.21. The number of nitriles is 1. The van der Waals surface area contributed by atoms with Gasteiger partial charge >= 0.3 is 0 Å². The predicted molar refractivity (Wildman–Crippen MR) is 62.2 cm³/mol. The van der Waals surface area contributed by atoms with Crippen molar-refractivity contribution in [3.63, 3.8) is 0 Å². The molecule has 0 unspecified atom stereocenters. The van der Waals surface area contributed by atoms with Gasteiger partial charge in [0.2, 0.25) is 0 Å². The van der Waals surface area contributed by atoms with E-state index in [0.717, 1.165) is 25.9 Å². The summed E-state index contributed by atoms with van der Waals surface area (Å²) in [6, 6.07) is 5.99. The number of piperidine rings is 1. The van der Waals surface area contributed by atoms with Crippen LogP contribution in [0.5, 0.6) is 5.75 Å². The molecule has 0 aromatic heterocycles. The first kappa shape index (κ1) is 11.9. The summed E-state index contributed by atoms with van der Waals surface area (Å²) in [4.78, 5) is 0. The molecule has 3 nitrogen and oxygen atoms in total. The van der Waals surface area contributed by atoms with Crippen molar-refractivity contribution in [2.45, 2.75) is 12.8 Å². The van der Waals surface area contributed by atoms with Crippen molar-refractivity contribution >= 4 is 0 Å². The minimum atomic E-state index is -0.407. The fraction of sp³-hybridized carbons (Fsp3) is 0.462. The van der Waals surface area contributed by atoms with E-state index in [1.54, 1.807) is 0 Å². The molecule has 1 N–H and O–H groups in total. The predicted octanol–water partition coefficient (Wildman–Crippen LogP) is 2.08.